The Morgan fingerprint density at radius 2 is 1.76 bits per heavy atom. The number of benzene rings is 1. The van der Waals surface area contributed by atoms with Crippen LogP contribution in [0.5, 0.6) is 0 Å². The van der Waals surface area contributed by atoms with Crippen LogP contribution >= 0.6 is 23.2 Å². The molecule has 0 fully saturated rings. The molecule has 0 unspecified atom stereocenters. The highest BCUT2D eigenvalue weighted by molar-refractivity contribution is 7.95. The van der Waals surface area contributed by atoms with Crippen LogP contribution in [-0.4, -0.2) is 14.3 Å². The molecule has 116 valence electrons. The monoisotopic (exact) mass is 349 g/mol. The minimum absolute atomic E-state index is 0.0210. The molecule has 0 aromatic heterocycles. The minimum Gasteiger partial charge on any atom is -0.314 e. The summed E-state index contributed by atoms with van der Waals surface area (Å²) in [6.45, 7) is 2.01. The molecule has 0 heterocycles. The molecule has 0 aliphatic heterocycles. The minimum atomic E-state index is -3.94. The molecule has 0 saturated carbocycles. The van der Waals surface area contributed by atoms with Crippen molar-refractivity contribution >= 4 is 38.9 Å². The van der Waals surface area contributed by atoms with E-state index in [1.807, 2.05) is 6.92 Å². The van der Waals surface area contributed by atoms with Gasteiger partial charge in [0.15, 0.2) is 5.03 Å². The van der Waals surface area contributed by atoms with E-state index in [1.165, 1.54) is 12.1 Å². The van der Waals surface area contributed by atoms with Gasteiger partial charge in [-0.25, -0.2) is 8.42 Å². The largest absolute Gasteiger partial charge is 0.314 e. The van der Waals surface area contributed by atoms with E-state index in [1.54, 1.807) is 18.2 Å². The fourth-order valence-corrected chi connectivity index (χ4v) is 3.56. The second kappa shape index (κ2) is 8.41. The Kier molecular flexibility index (Phi) is 7.22. The van der Waals surface area contributed by atoms with Crippen molar-refractivity contribution in [3.05, 3.63) is 39.9 Å². The first kappa shape index (κ1) is 18.0. The van der Waals surface area contributed by atoms with Gasteiger partial charge in [0.25, 0.3) is 0 Å². The zero-order chi connectivity index (χ0) is 15.9. The van der Waals surface area contributed by atoms with E-state index in [2.05, 4.69) is 5.32 Å². The van der Waals surface area contributed by atoms with Crippen LogP contribution in [0.1, 0.15) is 32.6 Å². The molecule has 21 heavy (non-hydrogen) atoms. The molecule has 1 N–H and O–H groups in total. The number of carbonyl (C=O) groups excluding carboxylic acids is 1. The van der Waals surface area contributed by atoms with Crippen molar-refractivity contribution in [1.29, 1.82) is 0 Å². The van der Waals surface area contributed by atoms with Crippen molar-refractivity contribution < 1.29 is 13.2 Å². The van der Waals surface area contributed by atoms with E-state index in [0.717, 1.165) is 12.8 Å². The highest BCUT2D eigenvalue weighted by atomic mass is 35.5. The van der Waals surface area contributed by atoms with Crippen LogP contribution in [0.4, 0.5) is 0 Å². The van der Waals surface area contributed by atoms with Crippen LogP contribution < -0.4 is 5.32 Å². The van der Waals surface area contributed by atoms with Gasteiger partial charge in [0, 0.05) is 6.42 Å². The predicted octanol–water partition coefficient (Wildman–Crippen LogP) is 3.76. The molecular weight excluding hydrogens is 333 g/mol. The van der Waals surface area contributed by atoms with Gasteiger partial charge in [0.1, 0.15) is 4.49 Å². The number of hydrogen-bond acceptors (Lipinski definition) is 3. The molecule has 0 atom stereocenters. The number of unbranched alkanes of at least 4 members (excludes halogenated alkanes) is 2. The Morgan fingerprint density at radius 3 is 2.29 bits per heavy atom. The third-order valence-corrected chi connectivity index (χ3v) is 5.09. The number of carbonyl (C=O) groups is 1. The van der Waals surface area contributed by atoms with E-state index in [4.69, 9.17) is 23.2 Å². The van der Waals surface area contributed by atoms with Crippen LogP contribution in [0.2, 0.25) is 0 Å². The maximum Gasteiger partial charge on any atom is 0.224 e. The zero-order valence-electron chi connectivity index (χ0n) is 11.6. The standard InChI is InChI=1S/C14H17Cl2NO3S/c1-2-3-5-10-12(18)17-14(13(15)16)21(19,20)11-8-6-4-7-9-11/h4,6-9H,2-3,5,10H2,1H3,(H,17,18). The molecule has 0 bridgehead atoms. The van der Waals surface area contributed by atoms with E-state index in [-0.39, 0.29) is 11.3 Å². The molecule has 4 nitrogen and oxygen atoms in total. The summed E-state index contributed by atoms with van der Waals surface area (Å²) in [7, 11) is -3.94. The number of hydrogen-bond donors (Lipinski definition) is 1. The maximum atomic E-state index is 12.4. The lowest BCUT2D eigenvalue weighted by Crippen LogP contribution is -2.28. The molecule has 7 heteroatoms. The Labute approximate surface area is 135 Å². The molecule has 0 aliphatic rings. The van der Waals surface area contributed by atoms with Crippen molar-refractivity contribution in [2.45, 2.75) is 37.5 Å². The quantitative estimate of drug-likeness (QED) is 0.762. The van der Waals surface area contributed by atoms with Gasteiger partial charge in [0.2, 0.25) is 15.7 Å². The van der Waals surface area contributed by atoms with Crippen LogP contribution in [0.15, 0.2) is 44.7 Å². The molecule has 1 amide bonds. The Balaban J connectivity index is 2.94. The van der Waals surface area contributed by atoms with Gasteiger partial charge in [-0.3, -0.25) is 4.79 Å². The topological polar surface area (TPSA) is 63.2 Å². The molecule has 0 aliphatic carbocycles. The zero-order valence-corrected chi connectivity index (χ0v) is 13.9. The smallest absolute Gasteiger partial charge is 0.224 e. The van der Waals surface area contributed by atoms with Crippen molar-refractivity contribution in [3.8, 4) is 0 Å². The Morgan fingerprint density at radius 1 is 1.14 bits per heavy atom. The van der Waals surface area contributed by atoms with Gasteiger partial charge in [-0.05, 0) is 18.6 Å². The number of nitrogens with one attached hydrogen (secondary N) is 1. The number of rotatable bonds is 7. The number of sulfone groups is 1. The van der Waals surface area contributed by atoms with Crippen molar-refractivity contribution in [1.82, 2.24) is 5.32 Å². The van der Waals surface area contributed by atoms with Gasteiger partial charge >= 0.3 is 0 Å². The summed E-state index contributed by atoms with van der Waals surface area (Å²) in [5, 5.41) is 1.83. The molecule has 0 radical (unpaired) electrons. The van der Waals surface area contributed by atoms with Gasteiger partial charge in [-0.15, -0.1) is 0 Å². The molecular formula is C14H17Cl2NO3S. The van der Waals surface area contributed by atoms with Gasteiger partial charge in [-0.1, -0.05) is 61.2 Å². The second-order valence-corrected chi connectivity index (χ2v) is 7.25. The molecule has 1 aromatic carbocycles. The Hall–Kier alpha value is -1.04. The van der Waals surface area contributed by atoms with Crippen LogP contribution in [0, 0.1) is 0 Å². The van der Waals surface area contributed by atoms with E-state index >= 15 is 0 Å². The van der Waals surface area contributed by atoms with E-state index in [0.29, 0.717) is 6.42 Å². The fraction of sp³-hybridized carbons (Fsp3) is 0.357. The van der Waals surface area contributed by atoms with Crippen molar-refractivity contribution in [2.75, 3.05) is 0 Å². The number of amides is 1. The molecule has 1 rings (SSSR count). The van der Waals surface area contributed by atoms with Gasteiger partial charge in [-0.2, -0.15) is 0 Å². The first-order valence-corrected chi connectivity index (χ1v) is 8.78. The normalized spacial score (nSPS) is 11.0. The van der Waals surface area contributed by atoms with Crippen LogP contribution in [0.3, 0.4) is 0 Å². The summed E-state index contributed by atoms with van der Waals surface area (Å²) < 4.78 is 24.3. The van der Waals surface area contributed by atoms with Gasteiger partial charge in [0.05, 0.1) is 4.90 Å². The molecule has 1 aromatic rings. The highest BCUT2D eigenvalue weighted by Crippen LogP contribution is 2.24. The summed E-state index contributed by atoms with van der Waals surface area (Å²) in [6.07, 6.45) is 2.77. The lowest BCUT2D eigenvalue weighted by molar-refractivity contribution is -0.120. The van der Waals surface area contributed by atoms with Crippen molar-refractivity contribution in [2.24, 2.45) is 0 Å². The van der Waals surface area contributed by atoms with E-state index < -0.39 is 25.3 Å². The third kappa shape index (κ3) is 5.34. The van der Waals surface area contributed by atoms with Crippen LogP contribution in [0.25, 0.3) is 0 Å². The Bertz CT molecular complexity index is 608. The van der Waals surface area contributed by atoms with Crippen molar-refractivity contribution in [3.63, 3.8) is 0 Å². The first-order valence-electron chi connectivity index (χ1n) is 6.55. The maximum absolute atomic E-state index is 12.4. The molecule has 0 saturated heterocycles. The summed E-state index contributed by atoms with van der Waals surface area (Å²) in [5.41, 5.74) is 0. The summed E-state index contributed by atoms with van der Waals surface area (Å²) in [5.74, 6) is -0.420. The summed E-state index contributed by atoms with van der Waals surface area (Å²) in [6, 6.07) is 7.67. The molecule has 0 spiro atoms. The lowest BCUT2D eigenvalue weighted by Gasteiger charge is -2.11. The average molecular weight is 350 g/mol. The SMILES string of the molecule is CCCCCC(=O)NC(=C(Cl)Cl)S(=O)(=O)c1ccccc1. The van der Waals surface area contributed by atoms with Gasteiger partial charge < -0.3 is 5.32 Å². The number of halogens is 2. The summed E-state index contributed by atoms with van der Waals surface area (Å²) >= 11 is 11.3. The van der Waals surface area contributed by atoms with Crippen LogP contribution in [-0.2, 0) is 14.6 Å². The average Bonchev–Trinajstić information content (AvgIpc) is 2.45. The third-order valence-electron chi connectivity index (χ3n) is 2.75. The fourth-order valence-electron chi connectivity index (χ4n) is 1.66. The summed E-state index contributed by atoms with van der Waals surface area (Å²) in [4.78, 5) is 11.8. The highest BCUT2D eigenvalue weighted by Gasteiger charge is 2.25. The predicted molar refractivity (Wildman–Crippen MR) is 84.6 cm³/mol. The second-order valence-electron chi connectivity index (χ2n) is 4.41. The first-order chi connectivity index (χ1) is 9.89. The van der Waals surface area contributed by atoms with E-state index in [9.17, 15) is 13.2 Å². The lowest BCUT2D eigenvalue weighted by atomic mass is 10.2.